The van der Waals surface area contributed by atoms with Crippen molar-refractivity contribution in [3.8, 4) is 0 Å². The van der Waals surface area contributed by atoms with Crippen molar-refractivity contribution >= 4 is 11.5 Å². The summed E-state index contributed by atoms with van der Waals surface area (Å²) in [5, 5.41) is 3.49. The van der Waals surface area contributed by atoms with Crippen LogP contribution in [-0.2, 0) is 11.8 Å². The monoisotopic (exact) mass is 338 g/mol. The molecule has 0 saturated carbocycles. The van der Waals surface area contributed by atoms with Crippen LogP contribution in [0.5, 0.6) is 0 Å². The first-order valence-corrected chi connectivity index (χ1v) is 9.29. The molecule has 1 spiro atoms. The molecule has 1 aromatic heterocycles. The second-order valence-corrected chi connectivity index (χ2v) is 7.85. The van der Waals surface area contributed by atoms with Gasteiger partial charge >= 0.3 is 0 Å². The van der Waals surface area contributed by atoms with Gasteiger partial charge in [0.25, 0.3) is 0 Å². The summed E-state index contributed by atoms with van der Waals surface area (Å²) >= 11 is 0. The lowest BCUT2D eigenvalue weighted by atomic mass is 9.75. The number of benzene rings is 1. The van der Waals surface area contributed by atoms with Crippen LogP contribution in [0.4, 0.5) is 15.9 Å². The zero-order valence-corrected chi connectivity index (χ0v) is 14.6. The topological polar surface area (TPSA) is 41.1 Å². The molecule has 1 fully saturated rings. The third-order valence-electron chi connectivity index (χ3n) is 6.30. The molecular weight excluding hydrogens is 315 g/mol. The molecule has 0 radical (unpaired) electrons. The van der Waals surface area contributed by atoms with Crippen molar-refractivity contribution in [2.24, 2.45) is 0 Å². The molecule has 5 heteroatoms. The van der Waals surface area contributed by atoms with Crippen LogP contribution in [0.1, 0.15) is 48.9 Å². The molecule has 4 nitrogen and oxygen atoms in total. The Morgan fingerprint density at radius 1 is 1.32 bits per heavy atom. The number of nitrogens with one attached hydrogen (secondary N) is 1. The van der Waals surface area contributed by atoms with Crippen molar-refractivity contribution in [1.82, 2.24) is 9.97 Å². The standard InChI is InChI=1S/C20H23FN4/c1-13-3-5-17-18(13)19(24-12-23-17)25-8-2-7-20(11-25)10-22-16-6-4-14(21)9-15(16)20/h4,6,9,12-13,22H,2-3,5,7-8,10-11H2,1H3/t13-,20+/m1/s1. The fourth-order valence-corrected chi connectivity index (χ4v) is 5.02. The molecular formula is C20H23FN4. The number of aromatic nitrogens is 2. The van der Waals surface area contributed by atoms with E-state index in [1.807, 2.05) is 6.07 Å². The van der Waals surface area contributed by atoms with Gasteiger partial charge in [0.2, 0.25) is 0 Å². The SMILES string of the molecule is C[C@@H]1CCc2ncnc(N3CCC[C@]4(CNc5ccc(F)cc54)C3)c21. The molecule has 5 rings (SSSR count). The first-order chi connectivity index (χ1) is 12.2. The van der Waals surface area contributed by atoms with Crippen LogP contribution < -0.4 is 10.2 Å². The molecule has 3 heterocycles. The van der Waals surface area contributed by atoms with Crippen molar-refractivity contribution < 1.29 is 4.39 Å². The van der Waals surface area contributed by atoms with E-state index in [0.29, 0.717) is 5.92 Å². The Hall–Kier alpha value is -2.17. The zero-order valence-electron chi connectivity index (χ0n) is 14.6. The number of nitrogens with zero attached hydrogens (tertiary/aromatic N) is 3. The van der Waals surface area contributed by atoms with Crippen molar-refractivity contribution in [3.05, 3.63) is 47.2 Å². The summed E-state index contributed by atoms with van der Waals surface area (Å²) in [6.45, 7) is 5.07. The molecule has 3 aliphatic rings. The lowest BCUT2D eigenvalue weighted by Gasteiger charge is -2.41. The van der Waals surface area contributed by atoms with Crippen LogP contribution in [0.25, 0.3) is 0 Å². The average molecular weight is 338 g/mol. The summed E-state index contributed by atoms with van der Waals surface area (Å²) in [5.41, 5.74) is 4.76. The van der Waals surface area contributed by atoms with Crippen LogP contribution in [0, 0.1) is 5.82 Å². The van der Waals surface area contributed by atoms with E-state index in [1.54, 1.807) is 18.5 Å². The van der Waals surface area contributed by atoms with E-state index in [1.165, 1.54) is 11.3 Å². The summed E-state index contributed by atoms with van der Waals surface area (Å²) in [7, 11) is 0. The minimum atomic E-state index is -0.143. The Labute approximate surface area is 147 Å². The molecule has 0 bridgehead atoms. The third-order valence-corrected chi connectivity index (χ3v) is 6.30. The first kappa shape index (κ1) is 15.1. The number of aryl methyl sites for hydroxylation is 1. The number of rotatable bonds is 1. The van der Waals surface area contributed by atoms with Crippen LogP contribution in [0.2, 0.25) is 0 Å². The minimum absolute atomic E-state index is 0.0185. The highest BCUT2D eigenvalue weighted by molar-refractivity contribution is 5.63. The Morgan fingerprint density at radius 2 is 2.24 bits per heavy atom. The molecule has 1 N–H and O–H groups in total. The normalized spacial score (nSPS) is 27.3. The van der Waals surface area contributed by atoms with E-state index in [4.69, 9.17) is 0 Å². The van der Waals surface area contributed by atoms with Gasteiger partial charge in [0, 0.05) is 42.0 Å². The highest BCUT2D eigenvalue weighted by atomic mass is 19.1. The van der Waals surface area contributed by atoms with Crippen molar-refractivity contribution in [3.63, 3.8) is 0 Å². The maximum absolute atomic E-state index is 13.9. The number of fused-ring (bicyclic) bond motifs is 3. The smallest absolute Gasteiger partial charge is 0.135 e. The minimum Gasteiger partial charge on any atom is -0.384 e. The molecule has 25 heavy (non-hydrogen) atoms. The van der Waals surface area contributed by atoms with Crippen LogP contribution >= 0.6 is 0 Å². The van der Waals surface area contributed by atoms with Crippen molar-refractivity contribution in [2.45, 2.75) is 43.9 Å². The quantitative estimate of drug-likeness (QED) is 0.862. The molecule has 1 aromatic carbocycles. The van der Waals surface area contributed by atoms with Crippen molar-refractivity contribution in [2.75, 3.05) is 29.9 Å². The molecule has 2 aliphatic heterocycles. The van der Waals surface area contributed by atoms with Crippen molar-refractivity contribution in [1.29, 1.82) is 0 Å². The first-order valence-electron chi connectivity index (χ1n) is 9.29. The number of halogens is 1. The summed E-state index contributed by atoms with van der Waals surface area (Å²) in [5.74, 6) is 1.49. The van der Waals surface area contributed by atoms with Crippen LogP contribution in [0.15, 0.2) is 24.5 Å². The van der Waals surface area contributed by atoms with Gasteiger partial charge in [-0.25, -0.2) is 14.4 Å². The number of anilines is 2. The maximum Gasteiger partial charge on any atom is 0.135 e. The van der Waals surface area contributed by atoms with Crippen LogP contribution in [0.3, 0.4) is 0 Å². The van der Waals surface area contributed by atoms with Gasteiger partial charge in [0.1, 0.15) is 18.0 Å². The number of piperidine rings is 1. The van der Waals surface area contributed by atoms with Gasteiger partial charge in [-0.05, 0) is 55.4 Å². The van der Waals surface area contributed by atoms with E-state index in [9.17, 15) is 4.39 Å². The molecule has 1 saturated heterocycles. The second-order valence-electron chi connectivity index (χ2n) is 7.85. The van der Waals surface area contributed by atoms with Gasteiger partial charge in [0.05, 0.1) is 0 Å². The summed E-state index contributed by atoms with van der Waals surface area (Å²) in [4.78, 5) is 11.6. The Bertz CT molecular complexity index is 832. The van der Waals surface area contributed by atoms with Gasteiger partial charge in [-0.1, -0.05) is 6.92 Å². The number of hydrogen-bond donors (Lipinski definition) is 1. The lowest BCUT2D eigenvalue weighted by molar-refractivity contribution is 0.369. The molecule has 0 amide bonds. The Kier molecular flexibility index (Phi) is 3.27. The predicted octanol–water partition coefficient (Wildman–Crippen LogP) is 3.63. The third kappa shape index (κ3) is 2.25. The van der Waals surface area contributed by atoms with E-state index in [-0.39, 0.29) is 11.2 Å². The molecule has 2 aromatic rings. The van der Waals surface area contributed by atoms with E-state index in [2.05, 4.69) is 27.1 Å². The van der Waals surface area contributed by atoms with E-state index < -0.39 is 0 Å². The van der Waals surface area contributed by atoms with E-state index in [0.717, 1.165) is 62.4 Å². The van der Waals surface area contributed by atoms with Gasteiger partial charge in [-0.15, -0.1) is 0 Å². The van der Waals surface area contributed by atoms with Crippen LogP contribution in [-0.4, -0.2) is 29.6 Å². The Balaban J connectivity index is 1.54. The predicted molar refractivity (Wildman–Crippen MR) is 96.8 cm³/mol. The lowest BCUT2D eigenvalue weighted by Crippen LogP contribution is -2.48. The molecule has 2 atom stereocenters. The summed E-state index contributed by atoms with van der Waals surface area (Å²) in [6.07, 6.45) is 6.13. The fraction of sp³-hybridized carbons (Fsp3) is 0.500. The summed E-state index contributed by atoms with van der Waals surface area (Å²) in [6, 6.07) is 5.15. The molecule has 130 valence electrons. The van der Waals surface area contributed by atoms with Gasteiger partial charge in [-0.3, -0.25) is 0 Å². The largest absolute Gasteiger partial charge is 0.384 e. The van der Waals surface area contributed by atoms with Gasteiger partial charge in [-0.2, -0.15) is 0 Å². The maximum atomic E-state index is 13.9. The fourth-order valence-electron chi connectivity index (χ4n) is 5.02. The molecule has 0 unspecified atom stereocenters. The average Bonchev–Trinajstić information content (AvgIpc) is 3.17. The van der Waals surface area contributed by atoms with E-state index >= 15 is 0 Å². The number of hydrogen-bond acceptors (Lipinski definition) is 4. The van der Waals surface area contributed by atoms with Gasteiger partial charge in [0.15, 0.2) is 0 Å². The van der Waals surface area contributed by atoms with Gasteiger partial charge < -0.3 is 10.2 Å². The second kappa shape index (κ2) is 5.41. The summed E-state index contributed by atoms with van der Waals surface area (Å²) < 4.78 is 13.9. The highest BCUT2D eigenvalue weighted by Gasteiger charge is 2.43. The Morgan fingerprint density at radius 3 is 3.16 bits per heavy atom. The highest BCUT2D eigenvalue weighted by Crippen LogP contribution is 2.45. The zero-order chi connectivity index (χ0) is 17.0. The molecule has 1 aliphatic carbocycles.